The van der Waals surface area contributed by atoms with Gasteiger partial charge in [-0.3, -0.25) is 20.1 Å². The Morgan fingerprint density at radius 1 is 0.729 bits per heavy atom. The van der Waals surface area contributed by atoms with Crippen LogP contribution < -0.4 is 25.6 Å². The molecule has 0 aromatic heterocycles. The van der Waals surface area contributed by atoms with Crippen LogP contribution in [-0.2, 0) is 16.0 Å². The summed E-state index contributed by atoms with van der Waals surface area (Å²) >= 11 is 0. The molecule has 9 nitrogen and oxygen atoms in total. The summed E-state index contributed by atoms with van der Waals surface area (Å²) in [5.74, 6) is 0.717. The molecular formula is C39H46N6O3. The van der Waals surface area contributed by atoms with Gasteiger partial charge in [0, 0.05) is 78.2 Å². The number of ether oxygens (including phenoxy) is 2. The van der Waals surface area contributed by atoms with Gasteiger partial charge in [-0.2, -0.15) is 0 Å². The normalized spacial score (nSPS) is 19.0. The van der Waals surface area contributed by atoms with Crippen LogP contribution in [0, 0.1) is 5.92 Å². The molecule has 48 heavy (non-hydrogen) atoms. The summed E-state index contributed by atoms with van der Waals surface area (Å²) < 4.78 is 11.0. The van der Waals surface area contributed by atoms with Crippen molar-refractivity contribution in [3.8, 4) is 0 Å². The number of nitrogens with zero attached hydrogens (tertiary/aromatic N) is 4. The van der Waals surface area contributed by atoms with Crippen LogP contribution in [0.5, 0.6) is 0 Å². The van der Waals surface area contributed by atoms with Crippen molar-refractivity contribution in [3.05, 3.63) is 90.0 Å². The molecule has 1 amide bonds. The van der Waals surface area contributed by atoms with Gasteiger partial charge < -0.3 is 24.6 Å². The first kappa shape index (κ1) is 31.0. The van der Waals surface area contributed by atoms with Crippen LogP contribution in [-0.4, -0.2) is 83.0 Å². The predicted molar refractivity (Wildman–Crippen MR) is 194 cm³/mol. The monoisotopic (exact) mass is 646 g/mol. The Hall–Kier alpha value is -4.31. The second-order valence-electron chi connectivity index (χ2n) is 13.5. The number of benzene rings is 4. The van der Waals surface area contributed by atoms with Crippen LogP contribution in [0.15, 0.2) is 78.9 Å². The van der Waals surface area contributed by atoms with Gasteiger partial charge in [-0.25, -0.2) is 0 Å². The topological polar surface area (TPSA) is 72.6 Å². The number of piperidine rings is 1. The van der Waals surface area contributed by atoms with E-state index in [1.807, 2.05) is 30.3 Å². The number of rotatable bonds is 8. The average molecular weight is 647 g/mol. The molecule has 0 atom stereocenters. The van der Waals surface area contributed by atoms with Gasteiger partial charge in [0.25, 0.3) is 5.91 Å². The van der Waals surface area contributed by atoms with E-state index in [0.29, 0.717) is 12.1 Å². The second-order valence-corrected chi connectivity index (χ2v) is 13.5. The Kier molecular flexibility index (Phi) is 9.07. The highest BCUT2D eigenvalue weighted by Crippen LogP contribution is 2.40. The van der Waals surface area contributed by atoms with Crippen molar-refractivity contribution in [2.45, 2.75) is 25.8 Å². The first-order chi connectivity index (χ1) is 23.7. The molecule has 3 saturated heterocycles. The van der Waals surface area contributed by atoms with Gasteiger partial charge in [0.05, 0.1) is 44.3 Å². The van der Waals surface area contributed by atoms with Crippen molar-refractivity contribution >= 4 is 45.1 Å². The first-order valence-corrected chi connectivity index (χ1v) is 17.7. The van der Waals surface area contributed by atoms with Gasteiger partial charge in [-0.15, -0.1) is 0 Å². The fourth-order valence-electron chi connectivity index (χ4n) is 7.65. The number of anilines is 5. The molecule has 0 radical (unpaired) electrons. The van der Waals surface area contributed by atoms with Gasteiger partial charge in [-0.05, 0) is 86.3 Å². The fraction of sp³-hybridized carbons (Fsp3) is 0.410. The van der Waals surface area contributed by atoms with Gasteiger partial charge in [0.2, 0.25) is 0 Å². The number of carbonyl (C=O) groups excluding carboxylic acids is 1. The lowest BCUT2D eigenvalue weighted by molar-refractivity contribution is 0.0349. The Morgan fingerprint density at radius 3 is 2.04 bits per heavy atom. The number of hydrazine groups is 1. The van der Waals surface area contributed by atoms with E-state index in [1.165, 1.54) is 31.5 Å². The molecule has 4 aliphatic rings. The van der Waals surface area contributed by atoms with Crippen molar-refractivity contribution in [2.75, 3.05) is 97.8 Å². The number of morpholine rings is 2. The summed E-state index contributed by atoms with van der Waals surface area (Å²) in [6.07, 6.45) is 3.83. The minimum Gasteiger partial charge on any atom is -0.379 e. The number of nitrogens with one attached hydrogen (secondary N) is 2. The summed E-state index contributed by atoms with van der Waals surface area (Å²) in [5.41, 5.74) is 11.0. The maximum atomic E-state index is 13.4. The van der Waals surface area contributed by atoms with Crippen molar-refractivity contribution in [2.24, 2.45) is 5.92 Å². The summed E-state index contributed by atoms with van der Waals surface area (Å²) in [6.45, 7) is 11.3. The molecule has 0 aliphatic carbocycles. The molecule has 9 heteroatoms. The fourth-order valence-corrected chi connectivity index (χ4v) is 7.65. The van der Waals surface area contributed by atoms with Gasteiger partial charge >= 0.3 is 0 Å². The molecule has 250 valence electrons. The van der Waals surface area contributed by atoms with E-state index in [2.05, 4.69) is 79.0 Å². The number of hydrogen-bond acceptors (Lipinski definition) is 8. The maximum Gasteiger partial charge on any atom is 0.255 e. The van der Waals surface area contributed by atoms with Crippen molar-refractivity contribution in [1.29, 1.82) is 0 Å². The van der Waals surface area contributed by atoms with E-state index in [4.69, 9.17) is 9.47 Å². The molecule has 0 saturated carbocycles. The van der Waals surface area contributed by atoms with Crippen LogP contribution in [0.25, 0.3) is 10.8 Å². The number of hydrogen-bond donors (Lipinski definition) is 2. The average Bonchev–Trinajstić information content (AvgIpc) is 3.60. The summed E-state index contributed by atoms with van der Waals surface area (Å²) in [6, 6.07) is 27.3. The van der Waals surface area contributed by atoms with Gasteiger partial charge in [0.15, 0.2) is 0 Å². The van der Waals surface area contributed by atoms with Crippen LogP contribution in [0.1, 0.15) is 35.2 Å². The largest absolute Gasteiger partial charge is 0.379 e. The number of carbonyl (C=O) groups is 1. The van der Waals surface area contributed by atoms with Gasteiger partial charge in [0.1, 0.15) is 0 Å². The lowest BCUT2D eigenvalue weighted by atomic mass is 9.93. The second kappa shape index (κ2) is 14.0. The highest BCUT2D eigenvalue weighted by atomic mass is 16.5. The third-order valence-corrected chi connectivity index (χ3v) is 10.6. The van der Waals surface area contributed by atoms with Gasteiger partial charge in [-0.1, -0.05) is 24.3 Å². The minimum absolute atomic E-state index is 0.104. The van der Waals surface area contributed by atoms with Crippen LogP contribution in [0.3, 0.4) is 0 Å². The molecule has 8 rings (SSSR count). The highest BCUT2D eigenvalue weighted by Gasteiger charge is 2.25. The molecule has 0 spiro atoms. The predicted octanol–water partition coefficient (Wildman–Crippen LogP) is 6.21. The lowest BCUT2D eigenvalue weighted by Crippen LogP contribution is -2.39. The molecular weight excluding hydrogens is 600 g/mol. The Balaban J connectivity index is 0.909. The van der Waals surface area contributed by atoms with E-state index in [1.54, 1.807) is 0 Å². The van der Waals surface area contributed by atoms with Crippen molar-refractivity contribution < 1.29 is 14.3 Å². The minimum atomic E-state index is -0.104. The smallest absolute Gasteiger partial charge is 0.255 e. The molecule has 4 aliphatic heterocycles. The zero-order chi connectivity index (χ0) is 32.3. The standard InChI is InChI=1S/C39H46N6O3/c46-39(30-5-7-32(8-6-30)44-21-25-48-26-22-44)40-37-27-31-28-45(41-38(31)36-4-2-1-3-35(36)37)34-11-9-33(10-12-34)43-17-14-29(15-18-43)13-16-42-19-23-47-24-20-42/h1-12,27,29,41H,13-26,28H2,(H,40,46). The molecule has 4 aromatic carbocycles. The third-order valence-electron chi connectivity index (χ3n) is 10.6. The lowest BCUT2D eigenvalue weighted by Gasteiger charge is -2.35. The Labute approximate surface area is 283 Å². The zero-order valence-electron chi connectivity index (χ0n) is 27.7. The van der Waals surface area contributed by atoms with Crippen LogP contribution in [0.2, 0.25) is 0 Å². The SMILES string of the molecule is O=C(Nc1cc2c(c3ccccc13)NN(c1ccc(N3CCC(CCN4CCOCC4)CC3)cc1)C2)c1ccc(N2CCOCC2)cc1. The quantitative estimate of drug-likeness (QED) is 0.234. The zero-order valence-corrected chi connectivity index (χ0v) is 27.7. The van der Waals surface area contributed by atoms with E-state index >= 15 is 0 Å². The van der Waals surface area contributed by atoms with Crippen molar-refractivity contribution in [1.82, 2.24) is 4.90 Å². The summed E-state index contributed by atoms with van der Waals surface area (Å²) in [5, 5.41) is 7.55. The number of amides is 1. The van der Waals surface area contributed by atoms with Crippen LogP contribution in [0.4, 0.5) is 28.4 Å². The van der Waals surface area contributed by atoms with Crippen LogP contribution >= 0.6 is 0 Å². The summed E-state index contributed by atoms with van der Waals surface area (Å²) in [4.78, 5) is 20.8. The molecule has 4 heterocycles. The molecule has 0 unspecified atom stereocenters. The van der Waals surface area contributed by atoms with E-state index < -0.39 is 0 Å². The van der Waals surface area contributed by atoms with E-state index in [9.17, 15) is 4.79 Å². The molecule has 4 aromatic rings. The molecule has 0 bridgehead atoms. The highest BCUT2D eigenvalue weighted by molar-refractivity contribution is 6.12. The van der Waals surface area contributed by atoms with Crippen molar-refractivity contribution in [3.63, 3.8) is 0 Å². The number of fused-ring (bicyclic) bond motifs is 3. The third kappa shape index (κ3) is 6.67. The van der Waals surface area contributed by atoms with E-state index in [0.717, 1.165) is 111 Å². The summed E-state index contributed by atoms with van der Waals surface area (Å²) in [7, 11) is 0. The Morgan fingerprint density at radius 2 is 1.33 bits per heavy atom. The van der Waals surface area contributed by atoms with E-state index in [-0.39, 0.29) is 5.91 Å². The molecule has 3 fully saturated rings. The first-order valence-electron chi connectivity index (χ1n) is 17.7. The molecule has 2 N–H and O–H groups in total. The maximum absolute atomic E-state index is 13.4. The Bertz CT molecular complexity index is 1710.